The van der Waals surface area contributed by atoms with Gasteiger partial charge < -0.3 is 19.9 Å². The Morgan fingerprint density at radius 2 is 1.86 bits per heavy atom. The van der Waals surface area contributed by atoms with E-state index in [0.717, 1.165) is 11.3 Å². The second kappa shape index (κ2) is 10.3. The molecular formula is C26H25N9O2. The van der Waals surface area contributed by atoms with E-state index in [0.29, 0.717) is 46.6 Å². The molecule has 4 aromatic heterocycles. The molecule has 0 aliphatic carbocycles. The molecule has 0 atom stereocenters. The van der Waals surface area contributed by atoms with E-state index in [1.807, 2.05) is 48.0 Å². The zero-order chi connectivity index (χ0) is 25.8. The third-order valence-corrected chi connectivity index (χ3v) is 5.66. The quantitative estimate of drug-likeness (QED) is 0.283. The number of aryl methyl sites for hydroxylation is 1. The van der Waals surface area contributed by atoms with Gasteiger partial charge in [-0.25, -0.2) is 19.9 Å². The number of nitrogens with one attached hydrogen (secondary N) is 2. The number of para-hydroxylation sites is 1. The summed E-state index contributed by atoms with van der Waals surface area (Å²) in [7, 11) is 3.39. The van der Waals surface area contributed by atoms with Crippen molar-refractivity contribution in [3.05, 3.63) is 79.4 Å². The molecule has 0 aliphatic rings. The maximum Gasteiger partial charge on any atom is 0.184 e. The normalized spacial score (nSPS) is 10.8. The highest BCUT2D eigenvalue weighted by Crippen LogP contribution is 2.37. The molecule has 11 heteroatoms. The van der Waals surface area contributed by atoms with Crippen molar-refractivity contribution < 1.29 is 9.53 Å². The van der Waals surface area contributed by atoms with E-state index in [9.17, 15) is 4.79 Å². The third kappa shape index (κ3) is 5.01. The minimum atomic E-state index is -0.0362. The van der Waals surface area contributed by atoms with E-state index >= 15 is 0 Å². The Morgan fingerprint density at radius 3 is 2.54 bits per heavy atom. The second-order valence-electron chi connectivity index (χ2n) is 8.14. The van der Waals surface area contributed by atoms with Crippen molar-refractivity contribution in [3.8, 4) is 22.8 Å². The SMILES string of the molecule is CCC(=O)c1cnc(Nc2ccc(-n3ccnc3)cn2)cc1Nc1cccc(-c2ncn(C)n2)c1OC. The molecule has 0 unspecified atom stereocenters. The van der Waals surface area contributed by atoms with Crippen LogP contribution in [0.25, 0.3) is 17.1 Å². The molecule has 4 heterocycles. The van der Waals surface area contributed by atoms with Crippen LogP contribution in [-0.4, -0.2) is 47.2 Å². The summed E-state index contributed by atoms with van der Waals surface area (Å²) in [6.07, 6.45) is 10.5. The fourth-order valence-electron chi connectivity index (χ4n) is 3.83. The number of nitrogens with zero attached hydrogens (tertiary/aromatic N) is 7. The van der Waals surface area contributed by atoms with Gasteiger partial charge in [0.1, 0.15) is 18.0 Å². The molecule has 0 bridgehead atoms. The van der Waals surface area contributed by atoms with E-state index in [1.54, 1.807) is 56.2 Å². The summed E-state index contributed by atoms with van der Waals surface area (Å²) in [5, 5.41) is 11.0. The molecule has 0 aliphatic heterocycles. The average molecular weight is 496 g/mol. The van der Waals surface area contributed by atoms with Gasteiger partial charge in [0.05, 0.1) is 47.8 Å². The topological polar surface area (TPSA) is 125 Å². The van der Waals surface area contributed by atoms with Crippen molar-refractivity contribution in [2.45, 2.75) is 13.3 Å². The van der Waals surface area contributed by atoms with Crippen LogP contribution in [0.1, 0.15) is 23.7 Å². The first-order valence-corrected chi connectivity index (χ1v) is 11.6. The number of benzene rings is 1. The van der Waals surface area contributed by atoms with Crippen molar-refractivity contribution in [2.24, 2.45) is 7.05 Å². The number of Topliss-reactive ketones (excluding diaryl/α,β-unsaturated/α-hetero) is 1. The molecule has 5 aromatic rings. The van der Waals surface area contributed by atoms with Gasteiger partial charge in [-0.3, -0.25) is 9.48 Å². The van der Waals surface area contributed by atoms with Crippen LogP contribution in [-0.2, 0) is 7.05 Å². The maximum absolute atomic E-state index is 12.7. The van der Waals surface area contributed by atoms with E-state index in [2.05, 4.69) is 35.7 Å². The fourth-order valence-corrected chi connectivity index (χ4v) is 3.83. The molecule has 0 spiro atoms. The zero-order valence-corrected chi connectivity index (χ0v) is 20.6. The number of anilines is 4. The van der Waals surface area contributed by atoms with Crippen LogP contribution in [0.4, 0.5) is 23.0 Å². The standard InChI is InChI=1S/C26H25N9O2/c1-4-22(36)19-14-29-24(32-23-9-8-17(13-28-23)35-11-10-27-15-35)12-21(19)31-20-7-5-6-18(25(20)37-3)26-30-16-34(2)33-26/h5-16H,4H2,1-3H3,(H2,28,29,31,32). The Balaban J connectivity index is 1.46. The van der Waals surface area contributed by atoms with Crippen LogP contribution < -0.4 is 15.4 Å². The van der Waals surface area contributed by atoms with Crippen LogP contribution in [0.3, 0.4) is 0 Å². The number of carbonyl (C=O) groups is 1. The number of methoxy groups -OCH3 is 1. The molecule has 2 N–H and O–H groups in total. The van der Waals surface area contributed by atoms with Crippen LogP contribution in [0.2, 0.25) is 0 Å². The minimum Gasteiger partial charge on any atom is -0.494 e. The summed E-state index contributed by atoms with van der Waals surface area (Å²) < 4.78 is 9.22. The first-order valence-electron chi connectivity index (χ1n) is 11.6. The molecule has 0 saturated heterocycles. The largest absolute Gasteiger partial charge is 0.494 e. The predicted molar refractivity (Wildman–Crippen MR) is 140 cm³/mol. The number of aromatic nitrogens is 7. The van der Waals surface area contributed by atoms with Crippen LogP contribution in [0.15, 0.2) is 73.8 Å². The highest BCUT2D eigenvalue weighted by atomic mass is 16.5. The van der Waals surface area contributed by atoms with Gasteiger partial charge in [0.25, 0.3) is 0 Å². The molecule has 0 amide bonds. The van der Waals surface area contributed by atoms with Gasteiger partial charge in [-0.2, -0.15) is 5.10 Å². The van der Waals surface area contributed by atoms with Gasteiger partial charge in [-0.1, -0.05) is 13.0 Å². The number of rotatable bonds is 9. The Hall–Kier alpha value is -5.06. The molecule has 5 rings (SSSR count). The average Bonchev–Trinajstić information content (AvgIpc) is 3.61. The molecule has 37 heavy (non-hydrogen) atoms. The summed E-state index contributed by atoms with van der Waals surface area (Å²) in [6.45, 7) is 1.82. The number of pyridine rings is 2. The summed E-state index contributed by atoms with van der Waals surface area (Å²) in [5.41, 5.74) is 3.34. The first kappa shape index (κ1) is 23.7. The Kier molecular flexibility index (Phi) is 6.58. The molecule has 0 radical (unpaired) electrons. The van der Waals surface area contributed by atoms with Crippen molar-refractivity contribution in [1.29, 1.82) is 0 Å². The highest BCUT2D eigenvalue weighted by Gasteiger charge is 2.18. The number of imidazole rings is 1. The molecule has 1 aromatic carbocycles. The lowest BCUT2D eigenvalue weighted by molar-refractivity contribution is 0.0988. The van der Waals surface area contributed by atoms with Gasteiger partial charge in [-0.15, -0.1) is 0 Å². The first-order chi connectivity index (χ1) is 18.1. The second-order valence-corrected chi connectivity index (χ2v) is 8.14. The van der Waals surface area contributed by atoms with E-state index in [4.69, 9.17) is 4.74 Å². The summed E-state index contributed by atoms with van der Waals surface area (Å²) in [5.74, 6) is 2.20. The Bertz CT molecular complexity index is 1530. The van der Waals surface area contributed by atoms with Gasteiger partial charge in [0.2, 0.25) is 0 Å². The van der Waals surface area contributed by atoms with E-state index < -0.39 is 0 Å². The summed E-state index contributed by atoms with van der Waals surface area (Å²) in [6, 6.07) is 11.2. The van der Waals surface area contributed by atoms with Crippen molar-refractivity contribution >= 4 is 28.8 Å². The Morgan fingerprint density at radius 1 is 1.00 bits per heavy atom. The number of carbonyl (C=O) groups excluding carboxylic acids is 1. The molecule has 11 nitrogen and oxygen atoms in total. The number of hydrogen-bond donors (Lipinski definition) is 2. The van der Waals surface area contributed by atoms with Gasteiger partial charge in [-0.05, 0) is 24.3 Å². The lowest BCUT2D eigenvalue weighted by atomic mass is 10.1. The van der Waals surface area contributed by atoms with E-state index in [-0.39, 0.29) is 5.78 Å². The molecule has 0 fully saturated rings. The monoisotopic (exact) mass is 495 g/mol. The van der Waals surface area contributed by atoms with Crippen LogP contribution in [0, 0.1) is 0 Å². The fraction of sp³-hybridized carbons (Fsp3) is 0.154. The number of hydrogen-bond acceptors (Lipinski definition) is 9. The maximum atomic E-state index is 12.7. The van der Waals surface area contributed by atoms with Crippen LogP contribution >= 0.6 is 0 Å². The summed E-state index contributed by atoms with van der Waals surface area (Å²) in [4.78, 5) is 30.0. The van der Waals surface area contributed by atoms with E-state index in [1.165, 1.54) is 0 Å². The predicted octanol–water partition coefficient (Wildman–Crippen LogP) is 4.55. The van der Waals surface area contributed by atoms with Gasteiger partial charge >= 0.3 is 0 Å². The number of ketones is 1. The molecular weight excluding hydrogens is 470 g/mol. The van der Waals surface area contributed by atoms with Crippen molar-refractivity contribution in [3.63, 3.8) is 0 Å². The third-order valence-electron chi connectivity index (χ3n) is 5.66. The smallest absolute Gasteiger partial charge is 0.184 e. The zero-order valence-electron chi connectivity index (χ0n) is 20.6. The lowest BCUT2D eigenvalue weighted by Crippen LogP contribution is -2.07. The Labute approximate surface area is 213 Å². The lowest BCUT2D eigenvalue weighted by Gasteiger charge is -2.17. The van der Waals surface area contributed by atoms with Crippen molar-refractivity contribution in [2.75, 3.05) is 17.7 Å². The van der Waals surface area contributed by atoms with Gasteiger partial charge in [0, 0.05) is 38.1 Å². The molecule has 0 saturated carbocycles. The summed E-state index contributed by atoms with van der Waals surface area (Å²) >= 11 is 0. The minimum absolute atomic E-state index is 0.0362. The van der Waals surface area contributed by atoms with Crippen molar-refractivity contribution in [1.82, 2.24) is 34.3 Å². The highest BCUT2D eigenvalue weighted by molar-refractivity contribution is 6.02. The van der Waals surface area contributed by atoms with Gasteiger partial charge in [0.15, 0.2) is 17.4 Å². The number of ether oxygens (including phenoxy) is 1. The van der Waals surface area contributed by atoms with Crippen LogP contribution in [0.5, 0.6) is 5.75 Å². The molecule has 186 valence electrons.